The van der Waals surface area contributed by atoms with Gasteiger partial charge in [-0.1, -0.05) is 12.1 Å². The molecule has 0 amide bonds. The van der Waals surface area contributed by atoms with Crippen LogP contribution in [0.25, 0.3) is 0 Å². The molecule has 0 fully saturated rings. The zero-order valence-corrected chi connectivity index (χ0v) is 8.26. The molecule has 0 aliphatic rings. The molecular weight excluding hydrogens is 247 g/mol. The van der Waals surface area contributed by atoms with Crippen molar-refractivity contribution in [2.75, 3.05) is 0 Å². The Morgan fingerprint density at radius 2 is 1.82 bits per heavy atom. The third-order valence-electron chi connectivity index (χ3n) is 2.13. The summed E-state index contributed by atoms with van der Waals surface area (Å²) in [6.07, 6.45) is -7.03. The Labute approximate surface area is 92.7 Å². The predicted molar refractivity (Wildman–Crippen MR) is 47.6 cm³/mol. The molecule has 0 saturated heterocycles. The number of carbonyl (C=O) groups is 1. The summed E-state index contributed by atoms with van der Waals surface area (Å²) in [4.78, 5) is 10.4. The minimum Gasteiger partial charge on any atom is -0.479 e. The minimum absolute atomic E-state index is 0.382. The van der Waals surface area contributed by atoms with Crippen LogP contribution in [0.1, 0.15) is 5.56 Å². The fourth-order valence-electron chi connectivity index (χ4n) is 1.23. The van der Waals surface area contributed by atoms with Gasteiger partial charge in [-0.25, -0.2) is 13.6 Å². The van der Waals surface area contributed by atoms with Gasteiger partial charge in [0.2, 0.25) is 0 Å². The lowest BCUT2D eigenvalue weighted by atomic mass is 9.95. The highest BCUT2D eigenvalue weighted by Crippen LogP contribution is 2.37. The van der Waals surface area contributed by atoms with E-state index in [0.29, 0.717) is 6.07 Å². The summed E-state index contributed by atoms with van der Waals surface area (Å²) in [5.41, 5.74) is -4.80. The van der Waals surface area contributed by atoms with Crippen LogP contribution in [0.3, 0.4) is 0 Å². The van der Waals surface area contributed by atoms with Crippen LogP contribution in [0.15, 0.2) is 24.3 Å². The van der Waals surface area contributed by atoms with Crippen molar-refractivity contribution < 1.29 is 31.9 Å². The Balaban J connectivity index is 3.08. The number of benzene rings is 1. The lowest BCUT2D eigenvalue weighted by Crippen LogP contribution is -2.49. The largest absolute Gasteiger partial charge is 0.479 e. The van der Waals surface area contributed by atoms with E-state index in [2.05, 4.69) is 0 Å². The van der Waals surface area contributed by atoms with Crippen LogP contribution in [-0.4, -0.2) is 22.9 Å². The molecule has 0 aliphatic carbocycles. The summed E-state index contributed by atoms with van der Waals surface area (Å²) in [5.74, 6) is -3.51. The van der Waals surface area contributed by atoms with Crippen molar-refractivity contribution in [2.24, 2.45) is 0 Å². The summed E-state index contributed by atoms with van der Waals surface area (Å²) in [7, 11) is 0. The Bertz CT molecular complexity index is 429. The van der Waals surface area contributed by atoms with Gasteiger partial charge in [0.25, 0.3) is 0 Å². The molecule has 1 atom stereocenters. The van der Waals surface area contributed by atoms with Crippen molar-refractivity contribution >= 4 is 5.97 Å². The molecule has 2 nitrogen and oxygen atoms in total. The monoisotopic (exact) mass is 254 g/mol. The van der Waals surface area contributed by atoms with E-state index >= 15 is 0 Å². The van der Waals surface area contributed by atoms with Gasteiger partial charge in [0.15, 0.2) is 0 Å². The number of carboxylic acid groups (broad SMARTS) is 1. The third-order valence-corrected chi connectivity index (χ3v) is 2.13. The standard InChI is InChI=1S/C10H7F5O2/c11-7-3-1-2-6(4-7)5-9(12,8(16)17)10(13,14)15/h1-4H,5H2,(H,16,17). The van der Waals surface area contributed by atoms with Crippen molar-refractivity contribution in [3.8, 4) is 0 Å². The highest BCUT2D eigenvalue weighted by atomic mass is 19.4. The van der Waals surface area contributed by atoms with E-state index in [9.17, 15) is 26.7 Å². The average molecular weight is 254 g/mol. The smallest absolute Gasteiger partial charge is 0.433 e. The normalized spacial score (nSPS) is 15.4. The molecule has 17 heavy (non-hydrogen) atoms. The summed E-state index contributed by atoms with van der Waals surface area (Å²) in [6.45, 7) is 0. The fraction of sp³-hybridized carbons (Fsp3) is 0.300. The number of rotatable bonds is 3. The van der Waals surface area contributed by atoms with E-state index in [1.165, 1.54) is 0 Å². The van der Waals surface area contributed by atoms with Gasteiger partial charge in [-0.3, -0.25) is 0 Å². The second kappa shape index (κ2) is 4.31. The van der Waals surface area contributed by atoms with Gasteiger partial charge in [0.1, 0.15) is 5.82 Å². The first kappa shape index (κ1) is 13.4. The first-order chi connectivity index (χ1) is 7.67. The summed E-state index contributed by atoms with van der Waals surface area (Å²) >= 11 is 0. The van der Waals surface area contributed by atoms with E-state index in [-0.39, 0.29) is 5.56 Å². The topological polar surface area (TPSA) is 37.3 Å². The van der Waals surface area contributed by atoms with Gasteiger partial charge in [-0.05, 0) is 17.7 Å². The van der Waals surface area contributed by atoms with Crippen molar-refractivity contribution in [1.82, 2.24) is 0 Å². The van der Waals surface area contributed by atoms with E-state index in [1.54, 1.807) is 0 Å². The molecule has 1 unspecified atom stereocenters. The number of carboxylic acids is 1. The van der Waals surface area contributed by atoms with Gasteiger partial charge in [-0.15, -0.1) is 0 Å². The first-order valence-electron chi connectivity index (χ1n) is 4.40. The summed E-state index contributed by atoms with van der Waals surface area (Å²) in [6, 6.07) is 3.70. The van der Waals surface area contributed by atoms with Crippen molar-refractivity contribution in [2.45, 2.75) is 18.3 Å². The maximum atomic E-state index is 13.4. The summed E-state index contributed by atoms with van der Waals surface area (Å²) in [5, 5.41) is 8.31. The molecule has 1 rings (SSSR count). The quantitative estimate of drug-likeness (QED) is 0.842. The molecule has 0 aliphatic heterocycles. The van der Waals surface area contributed by atoms with Crippen LogP contribution in [-0.2, 0) is 11.2 Å². The predicted octanol–water partition coefficient (Wildman–Crippen LogP) is 2.72. The SMILES string of the molecule is O=C(O)C(F)(Cc1cccc(F)c1)C(F)(F)F. The molecule has 0 radical (unpaired) electrons. The maximum Gasteiger partial charge on any atom is 0.433 e. The molecule has 0 heterocycles. The van der Waals surface area contributed by atoms with Gasteiger partial charge >= 0.3 is 17.8 Å². The Hall–Kier alpha value is -1.66. The van der Waals surface area contributed by atoms with Crippen LogP contribution < -0.4 is 0 Å². The van der Waals surface area contributed by atoms with Crippen LogP contribution in [0, 0.1) is 5.82 Å². The number of hydrogen-bond acceptors (Lipinski definition) is 1. The van der Waals surface area contributed by atoms with Crippen molar-refractivity contribution in [1.29, 1.82) is 0 Å². The molecule has 1 aromatic rings. The van der Waals surface area contributed by atoms with E-state index in [0.717, 1.165) is 18.2 Å². The van der Waals surface area contributed by atoms with Crippen LogP contribution in [0.2, 0.25) is 0 Å². The molecule has 0 saturated carbocycles. The van der Waals surface area contributed by atoms with Gasteiger partial charge < -0.3 is 5.11 Å². The molecule has 0 aromatic heterocycles. The van der Waals surface area contributed by atoms with Gasteiger partial charge in [-0.2, -0.15) is 13.2 Å². The van der Waals surface area contributed by atoms with Crippen molar-refractivity contribution in [3.63, 3.8) is 0 Å². The average Bonchev–Trinajstić information content (AvgIpc) is 2.15. The van der Waals surface area contributed by atoms with Gasteiger partial charge in [0.05, 0.1) is 0 Å². The number of halogens is 5. The minimum atomic E-state index is -5.56. The molecule has 0 spiro atoms. The van der Waals surface area contributed by atoms with Gasteiger partial charge in [0, 0.05) is 6.42 Å². The molecular formula is C10H7F5O2. The first-order valence-corrected chi connectivity index (χ1v) is 4.40. The Morgan fingerprint density at radius 3 is 2.24 bits per heavy atom. The molecule has 0 bridgehead atoms. The van der Waals surface area contributed by atoms with Crippen LogP contribution in [0.4, 0.5) is 22.0 Å². The zero-order valence-electron chi connectivity index (χ0n) is 8.26. The van der Waals surface area contributed by atoms with E-state index in [4.69, 9.17) is 5.11 Å². The number of hydrogen-bond donors (Lipinski definition) is 1. The highest BCUT2D eigenvalue weighted by molar-refractivity contribution is 5.79. The van der Waals surface area contributed by atoms with Crippen molar-refractivity contribution in [3.05, 3.63) is 35.6 Å². The fourth-order valence-corrected chi connectivity index (χ4v) is 1.23. The lowest BCUT2D eigenvalue weighted by molar-refractivity contribution is -0.235. The molecule has 7 heteroatoms. The zero-order chi connectivity index (χ0) is 13.3. The summed E-state index contributed by atoms with van der Waals surface area (Å²) < 4.78 is 63.0. The second-order valence-electron chi connectivity index (χ2n) is 3.41. The number of aliphatic carboxylic acids is 1. The van der Waals surface area contributed by atoms with Crippen LogP contribution in [0.5, 0.6) is 0 Å². The third kappa shape index (κ3) is 2.72. The maximum absolute atomic E-state index is 13.4. The Morgan fingerprint density at radius 1 is 1.24 bits per heavy atom. The number of alkyl halides is 4. The highest BCUT2D eigenvalue weighted by Gasteiger charge is 2.62. The Kier molecular flexibility index (Phi) is 3.40. The molecule has 1 aromatic carbocycles. The lowest BCUT2D eigenvalue weighted by Gasteiger charge is -2.23. The molecule has 94 valence electrons. The van der Waals surface area contributed by atoms with E-state index in [1.807, 2.05) is 0 Å². The van der Waals surface area contributed by atoms with E-state index < -0.39 is 30.1 Å². The second-order valence-corrected chi connectivity index (χ2v) is 3.41. The van der Waals surface area contributed by atoms with Crippen LogP contribution >= 0.6 is 0 Å². The molecule has 1 N–H and O–H groups in total.